The van der Waals surface area contributed by atoms with Crippen molar-refractivity contribution >= 4 is 12.0 Å². The Morgan fingerprint density at radius 3 is 2.68 bits per heavy atom. The summed E-state index contributed by atoms with van der Waals surface area (Å²) in [5.41, 5.74) is 1.92. The molecule has 0 radical (unpaired) electrons. The summed E-state index contributed by atoms with van der Waals surface area (Å²) in [7, 11) is 0. The molecule has 0 bridgehead atoms. The number of benzene rings is 1. The van der Waals surface area contributed by atoms with E-state index in [2.05, 4.69) is 0 Å². The molecular weight excluding hydrogens is 282 g/mol. The van der Waals surface area contributed by atoms with Crippen LogP contribution in [0.15, 0.2) is 30.3 Å². The van der Waals surface area contributed by atoms with E-state index in [1.165, 1.54) is 0 Å². The maximum Gasteiger partial charge on any atom is 0.251 e. The van der Waals surface area contributed by atoms with Crippen LogP contribution in [0.25, 0.3) is 6.08 Å². The van der Waals surface area contributed by atoms with Crippen molar-refractivity contribution < 1.29 is 19.4 Å². The normalized spacial score (nSPS) is 16.9. The number of ether oxygens (including phenoxy) is 2. The third-order valence-electron chi connectivity index (χ3n) is 3.59. The van der Waals surface area contributed by atoms with Gasteiger partial charge in [0.25, 0.3) is 5.91 Å². The van der Waals surface area contributed by atoms with Crippen molar-refractivity contribution in [3.63, 3.8) is 0 Å². The number of rotatable bonds is 6. The second-order valence-corrected chi connectivity index (χ2v) is 5.22. The zero-order chi connectivity index (χ0) is 15.8. The van der Waals surface area contributed by atoms with Crippen molar-refractivity contribution in [2.75, 3.05) is 32.9 Å². The monoisotopic (exact) mass is 305 g/mol. The number of aliphatic hydroxyl groups is 1. The molecule has 1 fully saturated rings. The number of carbonyl (C=O) groups is 1. The van der Waals surface area contributed by atoms with Crippen LogP contribution in [0.1, 0.15) is 18.1 Å². The van der Waals surface area contributed by atoms with E-state index in [1.54, 1.807) is 11.8 Å². The molecule has 120 valence electrons. The minimum absolute atomic E-state index is 0.0176. The second-order valence-electron chi connectivity index (χ2n) is 5.22. The van der Waals surface area contributed by atoms with E-state index in [9.17, 15) is 4.79 Å². The Hall–Kier alpha value is -1.69. The number of morpholine rings is 1. The van der Waals surface area contributed by atoms with Crippen molar-refractivity contribution in [2.45, 2.75) is 19.6 Å². The molecule has 1 amide bonds. The van der Waals surface area contributed by atoms with Gasteiger partial charge in [-0.3, -0.25) is 4.79 Å². The summed E-state index contributed by atoms with van der Waals surface area (Å²) in [4.78, 5) is 13.9. The lowest BCUT2D eigenvalue weighted by molar-refractivity contribution is -0.145. The molecule has 2 rings (SSSR count). The summed E-state index contributed by atoms with van der Waals surface area (Å²) in [6, 6.07) is 7.63. The van der Waals surface area contributed by atoms with Gasteiger partial charge in [0.15, 0.2) is 0 Å². The van der Waals surface area contributed by atoms with Crippen molar-refractivity contribution in [1.29, 1.82) is 0 Å². The van der Waals surface area contributed by atoms with Crippen molar-refractivity contribution in [2.24, 2.45) is 0 Å². The first-order chi connectivity index (χ1) is 10.7. The maximum absolute atomic E-state index is 12.1. The number of aliphatic hydroxyl groups excluding tert-OH is 1. The summed E-state index contributed by atoms with van der Waals surface area (Å²) in [5.74, 6) is 0.0176. The zero-order valence-electron chi connectivity index (χ0n) is 12.9. The molecule has 1 heterocycles. The van der Waals surface area contributed by atoms with Crippen molar-refractivity contribution in [3.05, 3.63) is 41.5 Å². The van der Waals surface area contributed by atoms with Crippen LogP contribution >= 0.6 is 0 Å². The molecule has 1 aromatic carbocycles. The predicted molar refractivity (Wildman–Crippen MR) is 84.2 cm³/mol. The number of amides is 1. The molecular formula is C17H23NO4. The molecule has 0 saturated carbocycles. The number of carbonyl (C=O) groups excluding carboxylic acids is 1. The lowest BCUT2D eigenvalue weighted by Gasteiger charge is -2.29. The molecule has 0 spiro atoms. The second kappa shape index (κ2) is 8.68. The first kappa shape index (κ1) is 16.7. The van der Waals surface area contributed by atoms with Crippen LogP contribution < -0.4 is 0 Å². The molecule has 0 aliphatic carbocycles. The molecule has 1 aliphatic rings. The van der Waals surface area contributed by atoms with E-state index in [-0.39, 0.29) is 12.5 Å². The standard InChI is InChI=1S/C17H23NO4/c1-14(17(20)18-8-11-21-12-9-18)22-10-2-3-15-4-6-16(13-19)7-5-15/h2-7,14,19H,8-13H2,1H3/t14-/m1/s1. The summed E-state index contributed by atoms with van der Waals surface area (Å²) >= 11 is 0. The molecule has 1 aromatic rings. The van der Waals surface area contributed by atoms with Crippen LogP contribution in [-0.2, 0) is 20.9 Å². The van der Waals surface area contributed by atoms with Crippen molar-refractivity contribution in [1.82, 2.24) is 4.90 Å². The van der Waals surface area contributed by atoms with Crippen LogP contribution in [0.4, 0.5) is 0 Å². The first-order valence-corrected chi connectivity index (χ1v) is 7.55. The highest BCUT2D eigenvalue weighted by Crippen LogP contribution is 2.07. The highest BCUT2D eigenvalue weighted by molar-refractivity contribution is 5.80. The molecule has 5 heteroatoms. The lowest BCUT2D eigenvalue weighted by atomic mass is 10.1. The minimum atomic E-state index is -0.445. The third kappa shape index (κ3) is 4.94. The molecule has 1 N–H and O–H groups in total. The highest BCUT2D eigenvalue weighted by Gasteiger charge is 2.22. The van der Waals surface area contributed by atoms with E-state index in [1.807, 2.05) is 36.4 Å². The van der Waals surface area contributed by atoms with E-state index >= 15 is 0 Å². The van der Waals surface area contributed by atoms with Gasteiger partial charge in [-0.2, -0.15) is 0 Å². The van der Waals surface area contributed by atoms with E-state index < -0.39 is 6.10 Å². The average molecular weight is 305 g/mol. The quantitative estimate of drug-likeness (QED) is 0.864. The Morgan fingerprint density at radius 1 is 1.36 bits per heavy atom. The Labute approximate surface area is 131 Å². The molecule has 1 saturated heterocycles. The lowest BCUT2D eigenvalue weighted by Crippen LogP contribution is -2.45. The van der Waals surface area contributed by atoms with Crippen LogP contribution in [0, 0.1) is 0 Å². The van der Waals surface area contributed by atoms with Gasteiger partial charge in [0, 0.05) is 13.1 Å². The average Bonchev–Trinajstić information content (AvgIpc) is 2.59. The van der Waals surface area contributed by atoms with Gasteiger partial charge < -0.3 is 19.5 Å². The van der Waals surface area contributed by atoms with Crippen LogP contribution in [0.3, 0.4) is 0 Å². The predicted octanol–water partition coefficient (Wildman–Crippen LogP) is 1.46. The van der Waals surface area contributed by atoms with Crippen LogP contribution in [0.2, 0.25) is 0 Å². The fourth-order valence-electron chi connectivity index (χ4n) is 2.23. The number of hydrogen-bond acceptors (Lipinski definition) is 4. The Morgan fingerprint density at radius 2 is 2.05 bits per heavy atom. The van der Waals surface area contributed by atoms with E-state index in [0.29, 0.717) is 32.9 Å². The topological polar surface area (TPSA) is 59.0 Å². The van der Waals surface area contributed by atoms with Gasteiger partial charge in [-0.05, 0) is 18.1 Å². The summed E-state index contributed by atoms with van der Waals surface area (Å²) < 4.78 is 10.8. The molecule has 1 aliphatic heterocycles. The van der Waals surface area contributed by atoms with Gasteiger partial charge in [-0.15, -0.1) is 0 Å². The Bertz CT molecular complexity index is 492. The third-order valence-corrected chi connectivity index (χ3v) is 3.59. The largest absolute Gasteiger partial charge is 0.392 e. The SMILES string of the molecule is C[C@@H](OCC=Cc1ccc(CO)cc1)C(=O)N1CCOCC1. The fourth-order valence-corrected chi connectivity index (χ4v) is 2.23. The van der Waals surface area contributed by atoms with Gasteiger partial charge in [0.05, 0.1) is 26.4 Å². The van der Waals surface area contributed by atoms with Crippen LogP contribution in [-0.4, -0.2) is 54.9 Å². The van der Waals surface area contributed by atoms with Gasteiger partial charge >= 0.3 is 0 Å². The molecule has 5 nitrogen and oxygen atoms in total. The van der Waals surface area contributed by atoms with Gasteiger partial charge in [-0.25, -0.2) is 0 Å². The molecule has 0 aromatic heterocycles. The highest BCUT2D eigenvalue weighted by atomic mass is 16.5. The molecule has 1 atom stereocenters. The molecule has 0 unspecified atom stereocenters. The van der Waals surface area contributed by atoms with E-state index in [4.69, 9.17) is 14.6 Å². The summed E-state index contributed by atoms with van der Waals surface area (Å²) in [5, 5.41) is 8.98. The fraction of sp³-hybridized carbons (Fsp3) is 0.471. The van der Waals surface area contributed by atoms with Gasteiger partial charge in [0.1, 0.15) is 6.10 Å². The number of hydrogen-bond donors (Lipinski definition) is 1. The molecule has 22 heavy (non-hydrogen) atoms. The van der Waals surface area contributed by atoms with Gasteiger partial charge in [0.2, 0.25) is 0 Å². The minimum Gasteiger partial charge on any atom is -0.392 e. The summed E-state index contributed by atoms with van der Waals surface area (Å²) in [6.45, 7) is 4.69. The first-order valence-electron chi connectivity index (χ1n) is 7.55. The Kier molecular flexibility index (Phi) is 6.58. The Balaban J connectivity index is 1.74. The number of nitrogens with zero attached hydrogens (tertiary/aromatic N) is 1. The van der Waals surface area contributed by atoms with Gasteiger partial charge in [-0.1, -0.05) is 36.4 Å². The zero-order valence-corrected chi connectivity index (χ0v) is 12.9. The summed E-state index contributed by atoms with van der Waals surface area (Å²) in [6.07, 6.45) is 3.38. The smallest absolute Gasteiger partial charge is 0.251 e. The van der Waals surface area contributed by atoms with E-state index in [0.717, 1.165) is 11.1 Å². The van der Waals surface area contributed by atoms with Crippen LogP contribution in [0.5, 0.6) is 0 Å². The maximum atomic E-state index is 12.1. The van der Waals surface area contributed by atoms with Crippen molar-refractivity contribution in [3.8, 4) is 0 Å².